The van der Waals surface area contributed by atoms with Gasteiger partial charge in [-0.25, -0.2) is 15.0 Å². The van der Waals surface area contributed by atoms with Crippen molar-refractivity contribution < 1.29 is 13.2 Å². The molecule has 2 heterocycles. The molecule has 1 N–H and O–H groups in total. The molecule has 2 rings (SSSR count). The summed E-state index contributed by atoms with van der Waals surface area (Å²) in [6.07, 6.45) is 0.0780. The van der Waals surface area contributed by atoms with Crippen LogP contribution in [-0.4, -0.2) is 21.5 Å². The first kappa shape index (κ1) is 14.9. The van der Waals surface area contributed by atoms with Crippen LogP contribution >= 0.6 is 11.3 Å². The van der Waals surface area contributed by atoms with Gasteiger partial charge in [-0.05, 0) is 19.0 Å². The number of hydrogen-bond acceptors (Lipinski definition) is 5. The Kier molecular flexibility index (Phi) is 4.34. The molecular formula is C12H13F3N4S. The number of nitrogens with zero attached hydrogens (tertiary/aromatic N) is 3. The third-order valence-electron chi connectivity index (χ3n) is 2.52. The highest BCUT2D eigenvalue weighted by molar-refractivity contribution is 7.11. The minimum atomic E-state index is -4.42. The van der Waals surface area contributed by atoms with Gasteiger partial charge in [-0.15, -0.1) is 11.3 Å². The van der Waals surface area contributed by atoms with E-state index < -0.39 is 17.2 Å². The van der Waals surface area contributed by atoms with E-state index in [1.165, 1.54) is 6.20 Å². The summed E-state index contributed by atoms with van der Waals surface area (Å²) in [7, 11) is 0. The van der Waals surface area contributed by atoms with E-state index in [1.807, 2.05) is 13.8 Å². The summed E-state index contributed by atoms with van der Waals surface area (Å²) in [4.78, 5) is 12.2. The van der Waals surface area contributed by atoms with E-state index in [9.17, 15) is 13.2 Å². The van der Waals surface area contributed by atoms with E-state index in [0.29, 0.717) is 28.6 Å². The van der Waals surface area contributed by atoms with Gasteiger partial charge < -0.3 is 5.32 Å². The van der Waals surface area contributed by atoms with Crippen LogP contribution in [0.25, 0.3) is 0 Å². The van der Waals surface area contributed by atoms with Gasteiger partial charge >= 0.3 is 6.18 Å². The number of aromatic nitrogens is 3. The molecule has 20 heavy (non-hydrogen) atoms. The summed E-state index contributed by atoms with van der Waals surface area (Å²) < 4.78 is 37.8. The first-order chi connectivity index (χ1) is 9.41. The average Bonchev–Trinajstić information content (AvgIpc) is 2.86. The van der Waals surface area contributed by atoms with E-state index in [1.54, 1.807) is 12.4 Å². The zero-order chi connectivity index (χ0) is 14.8. The number of alkyl halides is 3. The summed E-state index contributed by atoms with van der Waals surface area (Å²) >= 11 is 0.608. The van der Waals surface area contributed by atoms with E-state index in [4.69, 9.17) is 0 Å². The van der Waals surface area contributed by atoms with Gasteiger partial charge in [0.15, 0.2) is 10.8 Å². The van der Waals surface area contributed by atoms with E-state index in [0.717, 1.165) is 5.56 Å². The molecular weight excluding hydrogens is 289 g/mol. The van der Waals surface area contributed by atoms with Crippen molar-refractivity contribution in [3.63, 3.8) is 0 Å². The summed E-state index contributed by atoms with van der Waals surface area (Å²) in [6.45, 7) is 4.30. The highest BCUT2D eigenvalue weighted by atomic mass is 32.1. The molecule has 0 aliphatic heterocycles. The van der Waals surface area contributed by atoms with Crippen molar-refractivity contribution >= 4 is 11.3 Å². The second-order valence-corrected chi connectivity index (χ2v) is 5.24. The quantitative estimate of drug-likeness (QED) is 0.943. The Morgan fingerprint density at radius 3 is 2.35 bits per heavy atom. The maximum atomic E-state index is 12.6. The van der Waals surface area contributed by atoms with Crippen LogP contribution in [0.2, 0.25) is 0 Å². The van der Waals surface area contributed by atoms with Crippen molar-refractivity contribution in [1.82, 2.24) is 20.3 Å². The number of aryl methyl sites for hydroxylation is 1. The number of hydrogen-bond donors (Lipinski definition) is 1. The van der Waals surface area contributed by atoms with Gasteiger partial charge in [-0.2, -0.15) is 13.2 Å². The van der Waals surface area contributed by atoms with E-state index >= 15 is 0 Å². The lowest BCUT2D eigenvalue weighted by Gasteiger charge is -2.14. The Balaban J connectivity index is 2.33. The zero-order valence-corrected chi connectivity index (χ0v) is 11.7. The smallest absolute Gasteiger partial charge is 0.303 e. The lowest BCUT2D eigenvalue weighted by molar-refractivity contribution is -0.137. The second kappa shape index (κ2) is 5.84. The highest BCUT2D eigenvalue weighted by Gasteiger charge is 2.35. The largest absolute Gasteiger partial charge is 0.443 e. The molecule has 0 aromatic carbocycles. The lowest BCUT2D eigenvalue weighted by atomic mass is 10.2. The third kappa shape index (κ3) is 3.31. The Morgan fingerprint density at radius 2 is 1.85 bits per heavy atom. The minimum absolute atomic E-state index is 0.440. The third-order valence-corrected chi connectivity index (χ3v) is 3.62. The van der Waals surface area contributed by atoms with Crippen molar-refractivity contribution in [2.24, 2.45) is 0 Å². The number of thiazole rings is 1. The summed E-state index contributed by atoms with van der Waals surface area (Å²) in [5, 5.41) is 2.22. The van der Waals surface area contributed by atoms with Crippen molar-refractivity contribution in [3.05, 3.63) is 39.9 Å². The van der Waals surface area contributed by atoms with Gasteiger partial charge in [0.25, 0.3) is 0 Å². The normalized spacial score (nSPS) is 13.4. The molecule has 8 heteroatoms. The Labute approximate surface area is 118 Å². The van der Waals surface area contributed by atoms with E-state index in [-0.39, 0.29) is 0 Å². The Hall–Kier alpha value is -1.54. The van der Waals surface area contributed by atoms with Crippen LogP contribution in [0, 0.1) is 6.92 Å². The molecule has 2 aromatic rings. The summed E-state index contributed by atoms with van der Waals surface area (Å²) in [5.41, 5.74) is 0.893. The number of halogens is 3. The van der Waals surface area contributed by atoms with Crippen LogP contribution in [0.15, 0.2) is 18.6 Å². The maximum Gasteiger partial charge on any atom is 0.443 e. The van der Waals surface area contributed by atoms with E-state index in [2.05, 4.69) is 20.3 Å². The first-order valence-electron chi connectivity index (χ1n) is 5.96. The molecule has 0 amide bonds. The topological polar surface area (TPSA) is 50.7 Å². The first-order valence-corrected chi connectivity index (χ1v) is 6.78. The molecule has 0 bridgehead atoms. The molecule has 0 saturated heterocycles. The van der Waals surface area contributed by atoms with Gasteiger partial charge in [0.1, 0.15) is 6.04 Å². The molecule has 0 radical (unpaired) electrons. The van der Waals surface area contributed by atoms with Crippen molar-refractivity contribution in [3.8, 4) is 0 Å². The molecule has 2 aromatic heterocycles. The predicted molar refractivity (Wildman–Crippen MR) is 69.4 cm³/mol. The highest BCUT2D eigenvalue weighted by Crippen LogP contribution is 2.35. The van der Waals surface area contributed by atoms with Crippen LogP contribution in [0.1, 0.15) is 34.2 Å². The van der Waals surface area contributed by atoms with Crippen LogP contribution in [0.5, 0.6) is 0 Å². The van der Waals surface area contributed by atoms with Crippen LogP contribution in [-0.2, 0) is 6.18 Å². The molecule has 0 aliphatic rings. The molecule has 0 spiro atoms. The van der Waals surface area contributed by atoms with Crippen molar-refractivity contribution in [2.75, 3.05) is 6.54 Å². The van der Waals surface area contributed by atoms with Gasteiger partial charge in [0, 0.05) is 23.5 Å². The standard InChI is InChI=1S/C12H13F3N4S/c1-3-16-9(10-17-4-7(2)5-18-10)8-6-19-11(20-8)12(13,14)15/h4-6,9,16H,3H2,1-2H3. The maximum absolute atomic E-state index is 12.6. The monoisotopic (exact) mass is 302 g/mol. The van der Waals surface area contributed by atoms with Gasteiger partial charge in [-0.1, -0.05) is 6.92 Å². The summed E-state index contributed by atoms with van der Waals surface area (Å²) in [6, 6.07) is -0.478. The SMILES string of the molecule is CCNC(c1ncc(C)cn1)c1cnc(C(F)(F)F)s1. The van der Waals surface area contributed by atoms with Crippen LogP contribution in [0.3, 0.4) is 0 Å². The molecule has 1 unspecified atom stereocenters. The van der Waals surface area contributed by atoms with Crippen LogP contribution < -0.4 is 5.32 Å². The average molecular weight is 302 g/mol. The fraction of sp³-hybridized carbons (Fsp3) is 0.417. The zero-order valence-electron chi connectivity index (χ0n) is 10.9. The van der Waals surface area contributed by atoms with Crippen LogP contribution in [0.4, 0.5) is 13.2 Å². The number of rotatable bonds is 4. The Morgan fingerprint density at radius 1 is 1.20 bits per heavy atom. The molecule has 0 saturated carbocycles. The van der Waals surface area contributed by atoms with Gasteiger partial charge in [0.2, 0.25) is 0 Å². The molecule has 108 valence electrons. The molecule has 0 aliphatic carbocycles. The predicted octanol–water partition coefficient (Wildman–Crippen LogP) is 2.96. The summed E-state index contributed by atoms with van der Waals surface area (Å²) in [5.74, 6) is 0.440. The Bertz CT molecular complexity index is 565. The molecule has 0 fully saturated rings. The fourth-order valence-corrected chi connectivity index (χ4v) is 2.48. The minimum Gasteiger partial charge on any atom is -0.303 e. The molecule has 4 nitrogen and oxygen atoms in total. The molecule has 1 atom stereocenters. The fourth-order valence-electron chi connectivity index (χ4n) is 1.63. The van der Waals surface area contributed by atoms with Crippen molar-refractivity contribution in [1.29, 1.82) is 0 Å². The van der Waals surface area contributed by atoms with Gasteiger partial charge in [0.05, 0.1) is 0 Å². The second-order valence-electron chi connectivity index (χ2n) is 4.17. The lowest BCUT2D eigenvalue weighted by Crippen LogP contribution is -2.23. The number of nitrogens with one attached hydrogen (secondary N) is 1. The van der Waals surface area contributed by atoms with Crippen molar-refractivity contribution in [2.45, 2.75) is 26.1 Å². The van der Waals surface area contributed by atoms with Gasteiger partial charge in [-0.3, -0.25) is 0 Å².